The average Bonchev–Trinajstić information content (AvgIpc) is 2.45. The van der Waals surface area contributed by atoms with Crippen molar-refractivity contribution in [2.24, 2.45) is 29.6 Å². The van der Waals surface area contributed by atoms with Gasteiger partial charge in [0.2, 0.25) is 5.91 Å². The Morgan fingerprint density at radius 2 is 1.67 bits per heavy atom. The van der Waals surface area contributed by atoms with Crippen LogP contribution in [0.25, 0.3) is 0 Å². The van der Waals surface area contributed by atoms with Gasteiger partial charge in [-0.05, 0) is 67.4 Å². The molecular weight excluding hydrogens is 326 g/mol. The van der Waals surface area contributed by atoms with Crippen LogP contribution in [0, 0.1) is 29.6 Å². The van der Waals surface area contributed by atoms with Crippen molar-refractivity contribution >= 4 is 21.8 Å². The molecule has 2 nitrogen and oxygen atoms in total. The molecule has 4 aliphatic rings. The van der Waals surface area contributed by atoms with E-state index in [4.69, 9.17) is 0 Å². The van der Waals surface area contributed by atoms with Gasteiger partial charge in [-0.15, -0.1) is 0 Å². The van der Waals surface area contributed by atoms with Crippen molar-refractivity contribution in [3.05, 3.63) is 34.3 Å². The first-order chi connectivity index (χ1) is 10.2. The van der Waals surface area contributed by atoms with Gasteiger partial charge in [0.25, 0.3) is 0 Å². The number of amides is 1. The minimum absolute atomic E-state index is 0.292. The van der Waals surface area contributed by atoms with Gasteiger partial charge in [-0.25, -0.2) is 0 Å². The molecule has 1 aromatic rings. The molecular formula is C18H22BrNO. The summed E-state index contributed by atoms with van der Waals surface area (Å²) in [5, 5.41) is 3.20. The second-order valence-corrected chi connectivity index (χ2v) is 8.12. The molecule has 1 aromatic carbocycles. The van der Waals surface area contributed by atoms with E-state index in [0.29, 0.717) is 30.2 Å². The Hall–Kier alpha value is -0.830. The number of hydrogen-bond donors (Lipinski definition) is 1. The minimum Gasteiger partial charge on any atom is -0.352 e. The predicted molar refractivity (Wildman–Crippen MR) is 86.5 cm³/mol. The van der Waals surface area contributed by atoms with Crippen LogP contribution in [0.3, 0.4) is 0 Å². The molecule has 0 radical (unpaired) electrons. The van der Waals surface area contributed by atoms with Crippen molar-refractivity contribution in [2.75, 3.05) is 0 Å². The molecule has 3 heteroatoms. The van der Waals surface area contributed by atoms with E-state index in [1.165, 1.54) is 32.1 Å². The molecule has 5 rings (SSSR count). The Bertz CT molecular complexity index is 528. The Morgan fingerprint density at radius 3 is 2.29 bits per heavy atom. The molecule has 0 spiro atoms. The van der Waals surface area contributed by atoms with E-state index in [1.54, 1.807) is 0 Å². The number of nitrogens with one attached hydrogen (secondary N) is 1. The number of carbonyl (C=O) groups is 1. The lowest BCUT2D eigenvalue weighted by molar-refractivity contribution is -0.138. The van der Waals surface area contributed by atoms with Crippen molar-refractivity contribution in [2.45, 2.75) is 38.6 Å². The van der Waals surface area contributed by atoms with Crippen LogP contribution in [-0.2, 0) is 11.3 Å². The number of carbonyl (C=O) groups excluding carboxylic acids is 1. The lowest BCUT2D eigenvalue weighted by atomic mass is 9.51. The van der Waals surface area contributed by atoms with Gasteiger partial charge in [-0.3, -0.25) is 4.79 Å². The molecule has 1 N–H and O–H groups in total. The molecule has 0 unspecified atom stereocenters. The van der Waals surface area contributed by atoms with Gasteiger partial charge in [-0.2, -0.15) is 0 Å². The summed E-state index contributed by atoms with van der Waals surface area (Å²) in [6.45, 7) is 0.642. The van der Waals surface area contributed by atoms with Gasteiger partial charge in [0, 0.05) is 16.9 Å². The maximum absolute atomic E-state index is 12.7. The smallest absolute Gasteiger partial charge is 0.223 e. The first kappa shape index (κ1) is 13.8. The van der Waals surface area contributed by atoms with Crippen molar-refractivity contribution in [1.29, 1.82) is 0 Å². The highest BCUT2D eigenvalue weighted by Gasteiger charge is 2.50. The second kappa shape index (κ2) is 5.42. The number of rotatable bonds is 3. The Labute approximate surface area is 134 Å². The normalized spacial score (nSPS) is 36.7. The first-order valence-corrected chi connectivity index (χ1v) is 9.01. The zero-order valence-electron chi connectivity index (χ0n) is 12.2. The van der Waals surface area contributed by atoms with Crippen LogP contribution in [0.4, 0.5) is 0 Å². The summed E-state index contributed by atoms with van der Waals surface area (Å²) in [6.07, 6.45) is 6.67. The number of hydrogen-bond acceptors (Lipinski definition) is 1. The first-order valence-electron chi connectivity index (χ1n) is 8.22. The van der Waals surface area contributed by atoms with Crippen molar-refractivity contribution < 1.29 is 4.79 Å². The van der Waals surface area contributed by atoms with E-state index in [-0.39, 0.29) is 0 Å². The Morgan fingerprint density at radius 1 is 1.05 bits per heavy atom. The molecule has 4 bridgehead atoms. The zero-order chi connectivity index (χ0) is 14.4. The van der Waals surface area contributed by atoms with E-state index in [1.807, 2.05) is 18.2 Å². The fraction of sp³-hybridized carbons (Fsp3) is 0.611. The van der Waals surface area contributed by atoms with Crippen LogP contribution in [-0.4, -0.2) is 5.91 Å². The predicted octanol–water partition coefficient (Wildman–Crippen LogP) is 4.14. The average molecular weight is 348 g/mol. The molecule has 0 heterocycles. The fourth-order valence-electron chi connectivity index (χ4n) is 5.30. The summed E-state index contributed by atoms with van der Waals surface area (Å²) in [6, 6.07) is 8.13. The van der Waals surface area contributed by atoms with Crippen molar-refractivity contribution in [3.8, 4) is 0 Å². The molecule has 4 fully saturated rings. The maximum atomic E-state index is 12.7. The van der Waals surface area contributed by atoms with Crippen molar-refractivity contribution in [3.63, 3.8) is 0 Å². The lowest BCUT2D eigenvalue weighted by Gasteiger charge is -2.53. The molecule has 4 saturated carbocycles. The van der Waals surface area contributed by atoms with E-state index in [2.05, 4.69) is 27.3 Å². The quantitative estimate of drug-likeness (QED) is 0.874. The third kappa shape index (κ3) is 2.54. The standard InChI is InChI=1S/C18H22BrNO/c19-16-4-2-1-3-13(16)10-20-18(21)17-14-6-11-5-12(8-14)9-15(17)7-11/h1-4,11-12,14-15,17H,5-10H2,(H,20,21). The zero-order valence-corrected chi connectivity index (χ0v) is 13.8. The highest BCUT2D eigenvalue weighted by molar-refractivity contribution is 9.10. The molecule has 0 saturated heterocycles. The summed E-state index contributed by atoms with van der Waals surface area (Å²) >= 11 is 3.55. The summed E-state index contributed by atoms with van der Waals surface area (Å²) < 4.78 is 1.08. The highest BCUT2D eigenvalue weighted by Crippen LogP contribution is 2.56. The third-order valence-corrected chi connectivity index (χ3v) is 6.71. The molecule has 0 atom stereocenters. The second-order valence-electron chi connectivity index (χ2n) is 7.27. The van der Waals surface area contributed by atoms with Crippen molar-refractivity contribution in [1.82, 2.24) is 5.32 Å². The Kier molecular flexibility index (Phi) is 3.56. The Balaban J connectivity index is 1.43. The van der Waals surface area contributed by atoms with E-state index in [0.717, 1.165) is 21.9 Å². The van der Waals surface area contributed by atoms with Crippen LogP contribution >= 0.6 is 15.9 Å². The molecule has 21 heavy (non-hydrogen) atoms. The van der Waals surface area contributed by atoms with Gasteiger partial charge >= 0.3 is 0 Å². The van der Waals surface area contributed by atoms with E-state index in [9.17, 15) is 4.79 Å². The molecule has 0 aromatic heterocycles. The summed E-state index contributed by atoms with van der Waals surface area (Å²) in [7, 11) is 0. The van der Waals surface area contributed by atoms with Crippen LogP contribution < -0.4 is 5.32 Å². The van der Waals surface area contributed by atoms with Crippen LogP contribution in [0.5, 0.6) is 0 Å². The summed E-state index contributed by atoms with van der Waals surface area (Å²) in [5.41, 5.74) is 1.16. The third-order valence-electron chi connectivity index (χ3n) is 5.94. The van der Waals surface area contributed by atoms with Gasteiger partial charge in [-0.1, -0.05) is 34.1 Å². The van der Waals surface area contributed by atoms with Crippen LogP contribution in [0.15, 0.2) is 28.7 Å². The van der Waals surface area contributed by atoms with Gasteiger partial charge in [0.05, 0.1) is 0 Å². The van der Waals surface area contributed by atoms with E-state index >= 15 is 0 Å². The SMILES string of the molecule is O=C(NCc1ccccc1Br)C1C2CC3CC(C2)CC1C3. The van der Waals surface area contributed by atoms with Gasteiger partial charge in [0.1, 0.15) is 0 Å². The summed E-state index contributed by atoms with van der Waals surface area (Å²) in [5.74, 6) is 3.79. The monoisotopic (exact) mass is 347 g/mol. The fourth-order valence-corrected chi connectivity index (χ4v) is 5.72. The minimum atomic E-state index is 0.292. The number of benzene rings is 1. The topological polar surface area (TPSA) is 29.1 Å². The molecule has 112 valence electrons. The highest BCUT2D eigenvalue weighted by atomic mass is 79.9. The molecule has 4 aliphatic carbocycles. The number of halogens is 1. The van der Waals surface area contributed by atoms with Gasteiger partial charge in [0.15, 0.2) is 0 Å². The summed E-state index contributed by atoms with van der Waals surface area (Å²) in [4.78, 5) is 12.7. The molecule has 0 aliphatic heterocycles. The van der Waals surface area contributed by atoms with E-state index < -0.39 is 0 Å². The lowest BCUT2D eigenvalue weighted by Crippen LogP contribution is -2.50. The largest absolute Gasteiger partial charge is 0.352 e. The van der Waals surface area contributed by atoms with Crippen LogP contribution in [0.1, 0.15) is 37.7 Å². The maximum Gasteiger partial charge on any atom is 0.223 e. The molecule has 1 amide bonds. The van der Waals surface area contributed by atoms with Crippen LogP contribution in [0.2, 0.25) is 0 Å². The van der Waals surface area contributed by atoms with Gasteiger partial charge < -0.3 is 5.32 Å².